The van der Waals surface area contributed by atoms with Crippen LogP contribution in [0.2, 0.25) is 0 Å². The molecule has 3 N–H and O–H groups in total. The Hall–Kier alpha value is -2.41. The molecule has 6 nitrogen and oxygen atoms in total. The second kappa shape index (κ2) is 8.99. The van der Waals surface area contributed by atoms with Gasteiger partial charge in [-0.1, -0.05) is 6.42 Å². The fraction of sp³-hybridized carbons (Fsp3) is 0.417. The molecule has 5 rings (SSSR count). The van der Waals surface area contributed by atoms with Crippen molar-refractivity contribution < 1.29 is 22.9 Å². The third-order valence-corrected chi connectivity index (χ3v) is 6.44. The van der Waals surface area contributed by atoms with E-state index in [0.717, 1.165) is 51.3 Å². The van der Waals surface area contributed by atoms with Crippen molar-refractivity contribution in [1.82, 2.24) is 14.5 Å². The Balaban J connectivity index is 0.00000231. The Morgan fingerprint density at radius 3 is 2.71 bits per heavy atom. The number of ether oxygens (including phenoxy) is 1. The van der Waals surface area contributed by atoms with Crippen LogP contribution < -0.4 is 28.4 Å². The minimum atomic E-state index is 0. The predicted octanol–water partition coefficient (Wildman–Crippen LogP) is -0.656. The highest BCUT2D eigenvalue weighted by Gasteiger charge is 2.24. The number of benzene rings is 1. The van der Waals surface area contributed by atoms with Crippen molar-refractivity contribution in [3.63, 3.8) is 0 Å². The summed E-state index contributed by atoms with van der Waals surface area (Å²) in [5.41, 5.74) is 9.57. The lowest BCUT2D eigenvalue weighted by molar-refractivity contribution is -0.386. The van der Waals surface area contributed by atoms with Gasteiger partial charge in [0.2, 0.25) is 0 Å². The van der Waals surface area contributed by atoms with Gasteiger partial charge in [0.05, 0.1) is 29.0 Å². The third kappa shape index (κ3) is 4.07. The number of aryl methyl sites for hydroxylation is 1. The number of hydrogen-bond acceptors (Lipinski definition) is 4. The molecule has 4 heterocycles. The number of likely N-dealkylation sites (tertiary alicyclic amines) is 1. The third-order valence-electron chi connectivity index (χ3n) is 6.44. The summed E-state index contributed by atoms with van der Waals surface area (Å²) in [5, 5.41) is 1.08. The number of hydrogen-bond donors (Lipinski definition) is 1. The molecule has 1 aromatic carbocycles. The predicted molar refractivity (Wildman–Crippen MR) is 118 cm³/mol. The first-order chi connectivity index (χ1) is 14.6. The molecule has 0 unspecified atom stereocenters. The first kappa shape index (κ1) is 21.8. The molecule has 7 heteroatoms. The van der Waals surface area contributed by atoms with Crippen LogP contribution in [0.5, 0.6) is 5.75 Å². The van der Waals surface area contributed by atoms with E-state index in [9.17, 15) is 4.79 Å². The fourth-order valence-electron chi connectivity index (χ4n) is 4.74. The topological polar surface area (TPSA) is 75.0 Å². The van der Waals surface area contributed by atoms with E-state index in [1.807, 2.05) is 23.6 Å². The van der Waals surface area contributed by atoms with Crippen molar-refractivity contribution in [3.05, 3.63) is 57.4 Å². The summed E-state index contributed by atoms with van der Waals surface area (Å²) in [6.45, 7) is 7.10. The maximum absolute atomic E-state index is 12.8. The number of quaternary nitrogens is 1. The Labute approximate surface area is 188 Å². The summed E-state index contributed by atoms with van der Waals surface area (Å²) >= 11 is 0. The zero-order valence-electron chi connectivity index (χ0n) is 18.0. The number of nitrogens with zero attached hydrogens (tertiary/aromatic N) is 3. The molecule has 0 aliphatic carbocycles. The lowest BCUT2D eigenvalue weighted by Crippen LogP contribution is -3.00. The van der Waals surface area contributed by atoms with Crippen LogP contribution >= 0.6 is 0 Å². The largest absolute Gasteiger partial charge is 1.00 e. The molecule has 1 saturated heterocycles. The van der Waals surface area contributed by atoms with Gasteiger partial charge in [0, 0.05) is 23.6 Å². The quantitative estimate of drug-likeness (QED) is 0.447. The minimum Gasteiger partial charge on any atom is -1.00 e. The zero-order valence-corrected chi connectivity index (χ0v) is 18.7. The standard InChI is InChI=1S/C24H28N4O2.ClH/c1-16-11-22-23-18(15-28(22)24(29)20(16)14-25)12-17-5-6-19(13-21(17)26-23)30-10-9-27-7-3-2-4-8-27;/h5-6,11-13H,2-4,7-10,14-15,25H2,1H3;1H. The fourth-order valence-corrected chi connectivity index (χ4v) is 4.74. The van der Waals surface area contributed by atoms with Crippen molar-refractivity contribution in [2.45, 2.75) is 39.3 Å². The van der Waals surface area contributed by atoms with E-state index in [2.05, 4.69) is 28.8 Å². The van der Waals surface area contributed by atoms with Crippen LogP contribution in [-0.4, -0.2) is 40.7 Å². The van der Waals surface area contributed by atoms with Gasteiger partial charge in [-0.3, -0.25) is 9.69 Å². The van der Waals surface area contributed by atoms with E-state index in [1.54, 1.807) is 0 Å². The number of aromatic nitrogens is 2. The summed E-state index contributed by atoms with van der Waals surface area (Å²) in [6, 6.07) is 10.3. The van der Waals surface area contributed by atoms with Crippen LogP contribution in [-0.2, 0) is 13.1 Å². The van der Waals surface area contributed by atoms with Crippen LogP contribution in [0.4, 0.5) is 0 Å². The average Bonchev–Trinajstić information content (AvgIpc) is 3.11. The van der Waals surface area contributed by atoms with E-state index in [-0.39, 0.29) is 18.0 Å². The van der Waals surface area contributed by atoms with Gasteiger partial charge in [-0.05, 0) is 62.7 Å². The van der Waals surface area contributed by atoms with E-state index in [0.29, 0.717) is 19.7 Å². The molecule has 2 aliphatic rings. The Bertz CT molecular complexity index is 1170. The molecule has 3 aromatic rings. The summed E-state index contributed by atoms with van der Waals surface area (Å²) in [5.74, 6) is 0.853. The van der Waals surface area contributed by atoms with Crippen molar-refractivity contribution in [2.24, 2.45) is 0 Å². The second-order valence-electron chi connectivity index (χ2n) is 8.43. The highest BCUT2D eigenvalue weighted by molar-refractivity contribution is 5.85. The van der Waals surface area contributed by atoms with Gasteiger partial charge in [-0.2, -0.15) is 0 Å². The maximum Gasteiger partial charge on any atom is 0.260 e. The highest BCUT2D eigenvalue weighted by Crippen LogP contribution is 2.33. The highest BCUT2D eigenvalue weighted by atomic mass is 35.5. The van der Waals surface area contributed by atoms with Gasteiger partial charge >= 0.3 is 0 Å². The van der Waals surface area contributed by atoms with Crippen LogP contribution in [0.25, 0.3) is 22.3 Å². The lowest BCUT2D eigenvalue weighted by atomic mass is 10.1. The number of piperidine rings is 1. The first-order valence-corrected chi connectivity index (χ1v) is 11.0. The van der Waals surface area contributed by atoms with Crippen LogP contribution in [0.15, 0.2) is 35.1 Å². The molecule has 0 radical (unpaired) electrons. The van der Waals surface area contributed by atoms with E-state index in [1.165, 1.54) is 32.4 Å². The molecular formula is C24H29ClN4O2. The van der Waals surface area contributed by atoms with Crippen molar-refractivity contribution >= 4 is 10.9 Å². The second-order valence-corrected chi connectivity index (χ2v) is 8.43. The molecule has 31 heavy (non-hydrogen) atoms. The Morgan fingerprint density at radius 2 is 1.94 bits per heavy atom. The normalized spacial score (nSPS) is 15.4. The van der Waals surface area contributed by atoms with Gasteiger partial charge in [0.25, 0.3) is 5.56 Å². The van der Waals surface area contributed by atoms with E-state index < -0.39 is 0 Å². The van der Waals surface area contributed by atoms with Gasteiger partial charge in [0.15, 0.2) is 0 Å². The summed E-state index contributed by atoms with van der Waals surface area (Å²) < 4.78 is 7.86. The molecule has 1 fully saturated rings. The SMILES string of the molecule is Cc1cc2n(c(=O)c1C[NH3+])Cc1cc3ccc(OCCN4CCCCC4)cc3nc1-2.[Cl-]. The Morgan fingerprint density at radius 1 is 1.13 bits per heavy atom. The van der Waals surface area contributed by atoms with Crippen molar-refractivity contribution in [2.75, 3.05) is 26.2 Å². The number of halogens is 1. The zero-order chi connectivity index (χ0) is 20.7. The van der Waals surface area contributed by atoms with Gasteiger partial charge < -0.3 is 27.4 Å². The molecule has 0 amide bonds. The van der Waals surface area contributed by atoms with Crippen LogP contribution in [0.3, 0.4) is 0 Å². The minimum absolute atomic E-state index is 0. The number of fused-ring (bicyclic) bond motifs is 4. The molecule has 0 bridgehead atoms. The first-order valence-electron chi connectivity index (χ1n) is 11.0. The lowest BCUT2D eigenvalue weighted by Gasteiger charge is -2.26. The van der Waals surface area contributed by atoms with E-state index in [4.69, 9.17) is 9.72 Å². The molecule has 0 saturated carbocycles. The molecule has 0 spiro atoms. The van der Waals surface area contributed by atoms with Gasteiger partial charge in [-0.15, -0.1) is 0 Å². The van der Waals surface area contributed by atoms with E-state index >= 15 is 0 Å². The molecule has 2 aromatic heterocycles. The maximum atomic E-state index is 12.8. The molecule has 164 valence electrons. The van der Waals surface area contributed by atoms with Gasteiger partial charge in [0.1, 0.15) is 18.9 Å². The molecule has 2 aliphatic heterocycles. The van der Waals surface area contributed by atoms with Crippen LogP contribution in [0, 0.1) is 6.92 Å². The van der Waals surface area contributed by atoms with Crippen molar-refractivity contribution in [1.29, 1.82) is 0 Å². The number of rotatable bonds is 5. The summed E-state index contributed by atoms with van der Waals surface area (Å²) in [7, 11) is 0. The monoisotopic (exact) mass is 440 g/mol. The summed E-state index contributed by atoms with van der Waals surface area (Å²) in [4.78, 5) is 20.3. The van der Waals surface area contributed by atoms with Crippen LogP contribution in [0.1, 0.15) is 36.0 Å². The smallest absolute Gasteiger partial charge is 0.260 e. The molecular weight excluding hydrogens is 412 g/mol. The average molecular weight is 441 g/mol. The molecule has 0 atom stereocenters. The Kier molecular flexibility index (Phi) is 6.32. The summed E-state index contributed by atoms with van der Waals surface area (Å²) in [6.07, 6.45) is 3.94. The van der Waals surface area contributed by atoms with Crippen molar-refractivity contribution in [3.8, 4) is 17.1 Å². The number of pyridine rings is 2. The van der Waals surface area contributed by atoms with Gasteiger partial charge in [-0.25, -0.2) is 4.98 Å².